The SMILES string of the molecule is Cc1ccccc1[C@@H](O)CN[C@H]1CCO[C@@H]1c1cnn(C)c1C. The van der Waals surface area contributed by atoms with Gasteiger partial charge in [0, 0.05) is 37.5 Å². The smallest absolute Gasteiger partial charge is 0.101 e. The normalized spacial score (nSPS) is 22.4. The van der Waals surface area contributed by atoms with Crippen molar-refractivity contribution in [2.24, 2.45) is 7.05 Å². The van der Waals surface area contributed by atoms with E-state index in [1.54, 1.807) is 0 Å². The van der Waals surface area contributed by atoms with Crippen LogP contribution in [0, 0.1) is 13.8 Å². The fraction of sp³-hybridized carbons (Fsp3) is 0.500. The fourth-order valence-corrected chi connectivity index (χ4v) is 3.23. The van der Waals surface area contributed by atoms with Gasteiger partial charge in [-0.3, -0.25) is 4.68 Å². The first-order valence-electron chi connectivity index (χ1n) is 8.15. The average Bonchev–Trinajstić information content (AvgIpc) is 3.13. The molecule has 0 unspecified atom stereocenters. The Morgan fingerprint density at radius 1 is 1.39 bits per heavy atom. The number of hydrogen-bond donors (Lipinski definition) is 2. The van der Waals surface area contributed by atoms with Crippen molar-refractivity contribution in [2.45, 2.75) is 38.5 Å². The molecule has 1 aliphatic rings. The third-order valence-corrected chi connectivity index (χ3v) is 4.79. The lowest BCUT2D eigenvalue weighted by atomic mass is 10.0. The summed E-state index contributed by atoms with van der Waals surface area (Å²) < 4.78 is 7.78. The van der Waals surface area contributed by atoms with Gasteiger partial charge in [0.25, 0.3) is 0 Å². The van der Waals surface area contributed by atoms with E-state index in [1.807, 2.05) is 49.1 Å². The average molecular weight is 315 g/mol. The Bertz CT molecular complexity index is 668. The fourth-order valence-electron chi connectivity index (χ4n) is 3.23. The number of aliphatic hydroxyl groups excluding tert-OH is 1. The summed E-state index contributed by atoms with van der Waals surface area (Å²) in [6, 6.07) is 8.17. The zero-order chi connectivity index (χ0) is 16.4. The number of rotatable bonds is 5. The van der Waals surface area contributed by atoms with E-state index in [2.05, 4.69) is 17.3 Å². The molecule has 3 atom stereocenters. The van der Waals surface area contributed by atoms with Gasteiger partial charge >= 0.3 is 0 Å². The van der Waals surface area contributed by atoms with Gasteiger partial charge in [0.1, 0.15) is 6.10 Å². The van der Waals surface area contributed by atoms with Crippen LogP contribution in [-0.4, -0.2) is 34.1 Å². The van der Waals surface area contributed by atoms with E-state index < -0.39 is 6.10 Å². The van der Waals surface area contributed by atoms with Gasteiger partial charge in [0.15, 0.2) is 0 Å². The molecule has 0 bridgehead atoms. The van der Waals surface area contributed by atoms with Crippen LogP contribution in [0.4, 0.5) is 0 Å². The van der Waals surface area contributed by atoms with Crippen LogP contribution in [0.2, 0.25) is 0 Å². The highest BCUT2D eigenvalue weighted by atomic mass is 16.5. The second kappa shape index (κ2) is 6.83. The molecule has 2 aromatic rings. The monoisotopic (exact) mass is 315 g/mol. The van der Waals surface area contributed by atoms with Crippen LogP contribution in [0.15, 0.2) is 30.5 Å². The summed E-state index contributed by atoms with van der Waals surface area (Å²) >= 11 is 0. The molecule has 1 aromatic heterocycles. The standard InChI is InChI=1S/C18H25N3O2/c1-12-6-4-5-7-14(12)17(22)11-19-16-8-9-23-18(16)15-10-20-21(3)13(15)2/h4-7,10,16-19,22H,8-9,11H2,1-3H3/t16-,17-,18+/m0/s1. The minimum Gasteiger partial charge on any atom is -0.387 e. The quantitative estimate of drug-likeness (QED) is 0.888. The number of nitrogens with one attached hydrogen (secondary N) is 1. The molecule has 3 rings (SSSR count). The number of aromatic nitrogens is 2. The van der Waals surface area contributed by atoms with Crippen molar-refractivity contribution in [3.8, 4) is 0 Å². The zero-order valence-electron chi connectivity index (χ0n) is 14.0. The maximum atomic E-state index is 10.5. The molecule has 5 nitrogen and oxygen atoms in total. The number of ether oxygens (including phenoxy) is 1. The van der Waals surface area contributed by atoms with E-state index in [9.17, 15) is 5.11 Å². The Morgan fingerprint density at radius 2 is 2.17 bits per heavy atom. The molecule has 0 amide bonds. The first-order chi connectivity index (χ1) is 11.1. The van der Waals surface area contributed by atoms with Gasteiger partial charge < -0.3 is 15.2 Å². The maximum absolute atomic E-state index is 10.5. The van der Waals surface area contributed by atoms with Gasteiger partial charge in [0.2, 0.25) is 0 Å². The molecule has 0 radical (unpaired) electrons. The van der Waals surface area contributed by atoms with Crippen molar-refractivity contribution in [1.82, 2.24) is 15.1 Å². The maximum Gasteiger partial charge on any atom is 0.101 e. The van der Waals surface area contributed by atoms with Gasteiger partial charge in [0.05, 0.1) is 12.3 Å². The van der Waals surface area contributed by atoms with E-state index in [-0.39, 0.29) is 12.1 Å². The van der Waals surface area contributed by atoms with Crippen molar-refractivity contribution in [2.75, 3.05) is 13.2 Å². The van der Waals surface area contributed by atoms with Crippen LogP contribution in [0.25, 0.3) is 0 Å². The van der Waals surface area contributed by atoms with E-state index in [1.165, 1.54) is 0 Å². The number of aliphatic hydroxyl groups is 1. The minimum absolute atomic E-state index is 0.00719. The van der Waals surface area contributed by atoms with Crippen LogP contribution < -0.4 is 5.32 Å². The van der Waals surface area contributed by atoms with Crippen molar-refractivity contribution in [3.05, 3.63) is 52.8 Å². The molecule has 1 aromatic carbocycles. The molecule has 1 fully saturated rings. The molecule has 2 heterocycles. The highest BCUT2D eigenvalue weighted by Crippen LogP contribution is 2.31. The van der Waals surface area contributed by atoms with Crippen LogP contribution in [0.1, 0.15) is 41.0 Å². The number of hydrogen-bond acceptors (Lipinski definition) is 4. The Kier molecular flexibility index (Phi) is 4.80. The summed E-state index contributed by atoms with van der Waals surface area (Å²) in [6.45, 7) is 5.34. The lowest BCUT2D eigenvalue weighted by Crippen LogP contribution is -2.35. The Balaban J connectivity index is 1.65. The largest absolute Gasteiger partial charge is 0.387 e. The third-order valence-electron chi connectivity index (χ3n) is 4.79. The van der Waals surface area contributed by atoms with Crippen LogP contribution >= 0.6 is 0 Å². The molecule has 0 spiro atoms. The van der Waals surface area contributed by atoms with E-state index >= 15 is 0 Å². The van der Waals surface area contributed by atoms with Crippen LogP contribution in [-0.2, 0) is 11.8 Å². The molecule has 5 heteroatoms. The predicted molar refractivity (Wildman–Crippen MR) is 89.2 cm³/mol. The zero-order valence-corrected chi connectivity index (χ0v) is 14.0. The van der Waals surface area contributed by atoms with Crippen molar-refractivity contribution >= 4 is 0 Å². The van der Waals surface area contributed by atoms with Crippen LogP contribution in [0.3, 0.4) is 0 Å². The molecule has 1 saturated heterocycles. The van der Waals surface area contributed by atoms with Crippen molar-refractivity contribution < 1.29 is 9.84 Å². The van der Waals surface area contributed by atoms with Crippen molar-refractivity contribution in [3.63, 3.8) is 0 Å². The van der Waals surface area contributed by atoms with Gasteiger partial charge in [-0.15, -0.1) is 0 Å². The second-order valence-electron chi connectivity index (χ2n) is 6.28. The van der Waals surface area contributed by atoms with E-state index in [0.717, 1.165) is 35.4 Å². The highest BCUT2D eigenvalue weighted by molar-refractivity contribution is 5.28. The third kappa shape index (κ3) is 3.32. The molecular formula is C18H25N3O2. The highest BCUT2D eigenvalue weighted by Gasteiger charge is 2.32. The number of benzene rings is 1. The topological polar surface area (TPSA) is 59.3 Å². The summed E-state index contributed by atoms with van der Waals surface area (Å²) in [5.41, 5.74) is 4.35. The molecule has 124 valence electrons. The Hall–Kier alpha value is -1.69. The molecule has 0 saturated carbocycles. The first kappa shape index (κ1) is 16.2. The van der Waals surface area contributed by atoms with E-state index in [0.29, 0.717) is 6.54 Å². The van der Waals surface area contributed by atoms with Gasteiger partial charge in [-0.1, -0.05) is 24.3 Å². The minimum atomic E-state index is -0.507. The molecule has 23 heavy (non-hydrogen) atoms. The van der Waals surface area contributed by atoms with Crippen molar-refractivity contribution in [1.29, 1.82) is 0 Å². The summed E-state index contributed by atoms with van der Waals surface area (Å²) in [5.74, 6) is 0. The molecule has 0 aliphatic carbocycles. The lowest BCUT2D eigenvalue weighted by Gasteiger charge is -2.22. The molecule has 2 N–H and O–H groups in total. The summed E-state index contributed by atoms with van der Waals surface area (Å²) in [5, 5.41) is 18.2. The van der Waals surface area contributed by atoms with Gasteiger partial charge in [-0.25, -0.2) is 0 Å². The predicted octanol–water partition coefficient (Wildman–Crippen LogP) is 2.19. The number of aryl methyl sites for hydroxylation is 2. The summed E-state index contributed by atoms with van der Waals surface area (Å²) in [7, 11) is 1.94. The second-order valence-corrected chi connectivity index (χ2v) is 6.28. The first-order valence-corrected chi connectivity index (χ1v) is 8.15. The van der Waals surface area contributed by atoms with Gasteiger partial charge in [-0.2, -0.15) is 5.10 Å². The summed E-state index contributed by atoms with van der Waals surface area (Å²) in [6.07, 6.45) is 2.33. The Labute approximate surface area is 137 Å². The number of nitrogens with zero attached hydrogens (tertiary/aromatic N) is 2. The molecule has 1 aliphatic heterocycles. The molecular weight excluding hydrogens is 290 g/mol. The van der Waals surface area contributed by atoms with Gasteiger partial charge in [-0.05, 0) is 31.4 Å². The Morgan fingerprint density at radius 3 is 2.87 bits per heavy atom. The van der Waals surface area contributed by atoms with E-state index in [4.69, 9.17) is 4.74 Å². The lowest BCUT2D eigenvalue weighted by molar-refractivity contribution is 0.0929. The van der Waals surface area contributed by atoms with Crippen LogP contribution in [0.5, 0.6) is 0 Å². The summed E-state index contributed by atoms with van der Waals surface area (Å²) in [4.78, 5) is 0.